The highest BCUT2D eigenvalue weighted by Gasteiger charge is 2.19. The van der Waals surface area contributed by atoms with Gasteiger partial charge in [-0.1, -0.05) is 18.5 Å². The van der Waals surface area contributed by atoms with Gasteiger partial charge >= 0.3 is 0 Å². The first-order valence-electron chi connectivity index (χ1n) is 9.41. The van der Waals surface area contributed by atoms with Gasteiger partial charge in [0.15, 0.2) is 5.82 Å². The molecular formula is C19H26ClN7O2. The van der Waals surface area contributed by atoms with Crippen molar-refractivity contribution in [2.45, 2.75) is 19.9 Å². The van der Waals surface area contributed by atoms with Crippen LogP contribution in [0.25, 0.3) is 0 Å². The van der Waals surface area contributed by atoms with Crippen LogP contribution in [0.2, 0.25) is 5.02 Å². The number of aromatic nitrogens is 3. The van der Waals surface area contributed by atoms with E-state index in [1.54, 1.807) is 14.2 Å². The highest BCUT2D eigenvalue weighted by Crippen LogP contribution is 2.30. The number of halogens is 1. The summed E-state index contributed by atoms with van der Waals surface area (Å²) in [6, 6.07) is 2.02. The lowest BCUT2D eigenvalue weighted by atomic mass is 10.1. The van der Waals surface area contributed by atoms with E-state index in [2.05, 4.69) is 42.8 Å². The smallest absolute Gasteiger partial charge is 0.237 e. The number of nitrogens with one attached hydrogen (secondary N) is 3. The number of rotatable bonds is 7. The Morgan fingerprint density at radius 3 is 2.93 bits per heavy atom. The first-order chi connectivity index (χ1) is 13.9. The molecule has 1 aliphatic rings. The normalized spacial score (nSPS) is 14.7. The van der Waals surface area contributed by atoms with Crippen LogP contribution in [-0.2, 0) is 17.8 Å². The van der Waals surface area contributed by atoms with Crippen molar-refractivity contribution >= 4 is 35.0 Å². The molecule has 1 unspecified atom stereocenters. The highest BCUT2D eigenvalue weighted by atomic mass is 35.5. The zero-order valence-corrected chi connectivity index (χ0v) is 17.8. The average Bonchev–Trinajstić information content (AvgIpc) is 2.72. The highest BCUT2D eigenvalue weighted by molar-refractivity contribution is 6.32. The molecule has 1 aliphatic heterocycles. The molecule has 3 heterocycles. The van der Waals surface area contributed by atoms with Crippen molar-refractivity contribution in [3.8, 4) is 5.88 Å². The number of anilines is 3. The second kappa shape index (κ2) is 9.23. The number of amides is 1. The Hall–Kier alpha value is -2.65. The second-order valence-corrected chi connectivity index (χ2v) is 7.46. The zero-order valence-electron chi connectivity index (χ0n) is 17.0. The largest absolute Gasteiger partial charge is 0.480 e. The van der Waals surface area contributed by atoms with Gasteiger partial charge in [-0.05, 0) is 18.7 Å². The first kappa shape index (κ1) is 21.1. The van der Waals surface area contributed by atoms with Crippen molar-refractivity contribution < 1.29 is 9.53 Å². The Morgan fingerprint density at radius 1 is 1.41 bits per heavy atom. The van der Waals surface area contributed by atoms with Crippen LogP contribution in [-0.4, -0.2) is 60.1 Å². The third-order valence-electron chi connectivity index (χ3n) is 4.78. The maximum atomic E-state index is 11.7. The summed E-state index contributed by atoms with van der Waals surface area (Å²) in [6.45, 7) is 4.01. The van der Waals surface area contributed by atoms with Gasteiger partial charge in [0, 0.05) is 33.1 Å². The monoisotopic (exact) mass is 419 g/mol. The summed E-state index contributed by atoms with van der Waals surface area (Å²) >= 11 is 6.21. The van der Waals surface area contributed by atoms with Gasteiger partial charge in [-0.15, -0.1) is 0 Å². The molecule has 0 aromatic carbocycles. The van der Waals surface area contributed by atoms with Crippen LogP contribution in [0.3, 0.4) is 0 Å². The molecule has 3 N–H and O–H groups in total. The SMILES string of the molecule is CNC(=O)C(C)CNc1nc(Nc2cc3c(nc2OC)CCN(C)C3)ncc1Cl. The topological polar surface area (TPSA) is 104 Å². The molecule has 1 atom stereocenters. The maximum Gasteiger partial charge on any atom is 0.237 e. The molecule has 1 amide bonds. The van der Waals surface area contributed by atoms with E-state index in [0.29, 0.717) is 34.9 Å². The van der Waals surface area contributed by atoms with Crippen molar-refractivity contribution in [2.24, 2.45) is 5.92 Å². The predicted octanol–water partition coefficient (Wildman–Crippen LogP) is 2.06. The fourth-order valence-corrected chi connectivity index (χ4v) is 3.26. The number of carbonyl (C=O) groups is 1. The van der Waals surface area contributed by atoms with Crippen LogP contribution in [0, 0.1) is 5.92 Å². The summed E-state index contributed by atoms with van der Waals surface area (Å²) in [4.78, 5) is 27.3. The molecule has 0 radical (unpaired) electrons. The van der Waals surface area contributed by atoms with Crippen LogP contribution in [0.1, 0.15) is 18.2 Å². The summed E-state index contributed by atoms with van der Waals surface area (Å²) < 4.78 is 5.45. The number of carbonyl (C=O) groups excluding carboxylic acids is 1. The van der Waals surface area contributed by atoms with Crippen LogP contribution in [0.15, 0.2) is 12.3 Å². The lowest BCUT2D eigenvalue weighted by Gasteiger charge is -2.25. The molecule has 0 spiro atoms. The molecular weight excluding hydrogens is 394 g/mol. The van der Waals surface area contributed by atoms with Crippen LogP contribution in [0.5, 0.6) is 5.88 Å². The van der Waals surface area contributed by atoms with Crippen LogP contribution in [0.4, 0.5) is 17.5 Å². The van der Waals surface area contributed by atoms with E-state index in [1.807, 2.05) is 13.0 Å². The Kier molecular flexibility index (Phi) is 6.71. The van der Waals surface area contributed by atoms with Gasteiger partial charge in [0.25, 0.3) is 0 Å². The van der Waals surface area contributed by atoms with Crippen molar-refractivity contribution in [1.29, 1.82) is 0 Å². The molecule has 9 nitrogen and oxygen atoms in total. The lowest BCUT2D eigenvalue weighted by molar-refractivity contribution is -0.123. The average molecular weight is 420 g/mol. The van der Waals surface area contributed by atoms with Gasteiger partial charge in [0.2, 0.25) is 17.7 Å². The fourth-order valence-electron chi connectivity index (χ4n) is 3.10. The minimum absolute atomic E-state index is 0.0594. The molecule has 3 rings (SSSR count). The number of hydrogen-bond donors (Lipinski definition) is 3. The first-order valence-corrected chi connectivity index (χ1v) is 9.79. The van der Waals surface area contributed by atoms with Crippen molar-refractivity contribution in [2.75, 3.05) is 44.9 Å². The van der Waals surface area contributed by atoms with E-state index in [-0.39, 0.29) is 11.8 Å². The van der Waals surface area contributed by atoms with Gasteiger partial charge in [-0.25, -0.2) is 9.97 Å². The molecule has 0 bridgehead atoms. The Morgan fingerprint density at radius 2 is 2.21 bits per heavy atom. The van der Waals surface area contributed by atoms with Crippen molar-refractivity contribution in [1.82, 2.24) is 25.2 Å². The van der Waals surface area contributed by atoms with E-state index in [1.165, 1.54) is 6.20 Å². The summed E-state index contributed by atoms with van der Waals surface area (Å²) in [5.41, 5.74) is 2.88. The molecule has 10 heteroatoms. The summed E-state index contributed by atoms with van der Waals surface area (Å²) in [5.74, 6) is 1.01. The summed E-state index contributed by atoms with van der Waals surface area (Å²) in [6.07, 6.45) is 2.40. The van der Waals surface area contributed by atoms with Gasteiger partial charge in [0.1, 0.15) is 10.7 Å². The molecule has 2 aromatic heterocycles. The van der Waals surface area contributed by atoms with Gasteiger partial charge in [-0.2, -0.15) is 4.98 Å². The third kappa shape index (κ3) is 5.04. The molecule has 29 heavy (non-hydrogen) atoms. The summed E-state index contributed by atoms with van der Waals surface area (Å²) in [7, 11) is 5.28. The third-order valence-corrected chi connectivity index (χ3v) is 5.06. The van der Waals surface area contributed by atoms with Gasteiger partial charge < -0.3 is 25.6 Å². The minimum Gasteiger partial charge on any atom is -0.480 e. The maximum absolute atomic E-state index is 11.7. The van der Waals surface area contributed by atoms with Crippen molar-refractivity contribution in [3.63, 3.8) is 0 Å². The fraction of sp³-hybridized carbons (Fsp3) is 0.474. The van der Waals surface area contributed by atoms with Gasteiger partial charge in [0.05, 0.1) is 24.9 Å². The molecule has 0 fully saturated rings. The van der Waals surface area contributed by atoms with Crippen molar-refractivity contribution in [3.05, 3.63) is 28.5 Å². The quantitative estimate of drug-likeness (QED) is 0.626. The molecule has 0 saturated carbocycles. The standard InChI is InChI=1S/C19H26ClN7O2/c1-11(17(28)21-2)8-22-16-13(20)9-23-19(26-16)25-15-7-12-10-27(3)6-5-14(12)24-18(15)29-4/h7,9,11H,5-6,8,10H2,1-4H3,(H,21,28)(H2,22,23,25,26). The van der Waals surface area contributed by atoms with E-state index in [4.69, 9.17) is 16.3 Å². The molecule has 156 valence electrons. The Balaban J connectivity index is 1.80. The predicted molar refractivity (Wildman–Crippen MR) is 113 cm³/mol. The van der Waals surface area contributed by atoms with E-state index >= 15 is 0 Å². The Labute approximate surface area is 175 Å². The van der Waals surface area contributed by atoms with E-state index in [9.17, 15) is 4.79 Å². The Bertz CT molecular complexity index is 893. The molecule has 0 aliphatic carbocycles. The van der Waals surface area contributed by atoms with E-state index < -0.39 is 0 Å². The minimum atomic E-state index is -0.232. The molecule has 0 saturated heterocycles. The van der Waals surface area contributed by atoms with Crippen LogP contribution >= 0.6 is 11.6 Å². The van der Waals surface area contributed by atoms with Gasteiger partial charge in [-0.3, -0.25) is 4.79 Å². The number of nitrogens with zero attached hydrogens (tertiary/aromatic N) is 4. The summed E-state index contributed by atoms with van der Waals surface area (Å²) in [5, 5.41) is 9.26. The number of ether oxygens (including phenoxy) is 1. The number of likely N-dealkylation sites (N-methyl/N-ethyl adjacent to an activating group) is 1. The number of pyridine rings is 1. The van der Waals surface area contributed by atoms with Crippen LogP contribution < -0.4 is 20.7 Å². The second-order valence-electron chi connectivity index (χ2n) is 7.05. The molecule has 2 aromatic rings. The zero-order chi connectivity index (χ0) is 21.0. The number of hydrogen-bond acceptors (Lipinski definition) is 8. The number of fused-ring (bicyclic) bond motifs is 1. The lowest BCUT2D eigenvalue weighted by Crippen LogP contribution is -2.30. The van der Waals surface area contributed by atoms with E-state index in [0.717, 1.165) is 30.8 Å². The number of methoxy groups -OCH3 is 1.